The van der Waals surface area contributed by atoms with Gasteiger partial charge in [0.2, 0.25) is 5.90 Å². The molecule has 4 nitrogen and oxygen atoms in total. The van der Waals surface area contributed by atoms with Gasteiger partial charge in [-0.1, -0.05) is 80.5 Å². The molecule has 3 aromatic rings. The lowest BCUT2D eigenvalue weighted by atomic mass is 9.87. The van der Waals surface area contributed by atoms with Crippen molar-refractivity contribution in [3.05, 3.63) is 106 Å². The fourth-order valence-electron chi connectivity index (χ4n) is 3.50. The SMILES string of the molecule is CC(C)(C)c1ccc(CO/N=C/c2ccc(C3COC(c4c(F)cccc4F)=N3)cc2)cc1. The van der Waals surface area contributed by atoms with Crippen LogP contribution >= 0.6 is 0 Å². The van der Waals surface area contributed by atoms with E-state index in [0.717, 1.165) is 16.7 Å². The first-order valence-corrected chi connectivity index (χ1v) is 10.8. The van der Waals surface area contributed by atoms with Gasteiger partial charge in [0.15, 0.2) is 0 Å². The molecular weight excluding hydrogens is 422 g/mol. The summed E-state index contributed by atoms with van der Waals surface area (Å²) in [6.45, 7) is 7.17. The molecule has 4 rings (SSSR count). The maximum atomic E-state index is 14.0. The van der Waals surface area contributed by atoms with Gasteiger partial charge in [-0.25, -0.2) is 13.8 Å². The van der Waals surface area contributed by atoms with Crippen LogP contribution in [0.4, 0.5) is 8.78 Å². The zero-order valence-corrected chi connectivity index (χ0v) is 18.9. The second-order valence-corrected chi connectivity index (χ2v) is 8.98. The van der Waals surface area contributed by atoms with Crippen molar-refractivity contribution in [3.8, 4) is 0 Å². The van der Waals surface area contributed by atoms with E-state index in [9.17, 15) is 8.78 Å². The molecule has 1 atom stereocenters. The van der Waals surface area contributed by atoms with Crippen molar-refractivity contribution in [1.29, 1.82) is 0 Å². The first-order valence-electron chi connectivity index (χ1n) is 10.8. The quantitative estimate of drug-likeness (QED) is 0.327. The highest BCUT2D eigenvalue weighted by Gasteiger charge is 2.26. The Bertz CT molecular complexity index is 1140. The van der Waals surface area contributed by atoms with Crippen molar-refractivity contribution in [2.24, 2.45) is 10.1 Å². The maximum absolute atomic E-state index is 14.0. The summed E-state index contributed by atoms with van der Waals surface area (Å²) < 4.78 is 33.4. The molecule has 0 spiro atoms. The predicted molar refractivity (Wildman–Crippen MR) is 126 cm³/mol. The summed E-state index contributed by atoms with van der Waals surface area (Å²) in [5.74, 6) is -1.39. The fraction of sp³-hybridized carbons (Fsp3) is 0.259. The highest BCUT2D eigenvalue weighted by molar-refractivity contribution is 5.95. The summed E-state index contributed by atoms with van der Waals surface area (Å²) >= 11 is 0. The molecule has 0 saturated carbocycles. The molecular formula is C27H26F2N2O2. The van der Waals surface area contributed by atoms with E-state index in [1.165, 1.54) is 23.8 Å². The molecule has 3 aromatic carbocycles. The lowest BCUT2D eigenvalue weighted by molar-refractivity contribution is 0.132. The molecule has 0 saturated heterocycles. The van der Waals surface area contributed by atoms with Gasteiger partial charge in [-0.3, -0.25) is 0 Å². The summed E-state index contributed by atoms with van der Waals surface area (Å²) in [4.78, 5) is 9.79. The minimum absolute atomic E-state index is 0.00910. The van der Waals surface area contributed by atoms with Gasteiger partial charge in [-0.05, 0) is 39.8 Å². The first-order chi connectivity index (χ1) is 15.8. The first kappa shape index (κ1) is 22.6. The second-order valence-electron chi connectivity index (χ2n) is 8.98. The molecule has 0 N–H and O–H groups in total. The summed E-state index contributed by atoms with van der Waals surface area (Å²) in [5.41, 5.74) is 3.97. The Hall–Kier alpha value is -3.54. The van der Waals surface area contributed by atoms with Crippen LogP contribution in [0.3, 0.4) is 0 Å². The smallest absolute Gasteiger partial charge is 0.222 e. The molecule has 0 radical (unpaired) electrons. The van der Waals surface area contributed by atoms with Crippen LogP contribution in [0.15, 0.2) is 76.9 Å². The van der Waals surface area contributed by atoms with Crippen LogP contribution in [0, 0.1) is 11.6 Å². The van der Waals surface area contributed by atoms with E-state index >= 15 is 0 Å². The average Bonchev–Trinajstić information content (AvgIpc) is 3.26. The molecule has 0 bridgehead atoms. The lowest BCUT2D eigenvalue weighted by Crippen LogP contribution is -2.10. The van der Waals surface area contributed by atoms with Gasteiger partial charge in [0.05, 0.1) is 6.21 Å². The van der Waals surface area contributed by atoms with Gasteiger partial charge < -0.3 is 9.57 Å². The van der Waals surface area contributed by atoms with E-state index in [2.05, 4.69) is 55.2 Å². The monoisotopic (exact) mass is 448 g/mol. The Morgan fingerprint density at radius 3 is 2.30 bits per heavy atom. The zero-order chi connectivity index (χ0) is 23.4. The number of rotatable bonds is 6. The van der Waals surface area contributed by atoms with Crippen molar-refractivity contribution in [2.75, 3.05) is 6.61 Å². The molecule has 1 aliphatic heterocycles. The van der Waals surface area contributed by atoms with Gasteiger partial charge in [-0.2, -0.15) is 0 Å². The van der Waals surface area contributed by atoms with Crippen molar-refractivity contribution in [1.82, 2.24) is 0 Å². The molecule has 0 aliphatic carbocycles. The van der Waals surface area contributed by atoms with Crippen LogP contribution in [0.25, 0.3) is 0 Å². The zero-order valence-electron chi connectivity index (χ0n) is 18.9. The van der Waals surface area contributed by atoms with E-state index in [1.54, 1.807) is 6.21 Å². The van der Waals surface area contributed by atoms with Crippen LogP contribution in [0.2, 0.25) is 0 Å². The van der Waals surface area contributed by atoms with Gasteiger partial charge in [0.25, 0.3) is 0 Å². The topological polar surface area (TPSA) is 43.2 Å². The van der Waals surface area contributed by atoms with Crippen molar-refractivity contribution in [2.45, 2.75) is 38.8 Å². The Morgan fingerprint density at radius 1 is 1.00 bits per heavy atom. The van der Waals surface area contributed by atoms with Gasteiger partial charge in [0.1, 0.15) is 36.5 Å². The number of aliphatic imine (C=N–C) groups is 1. The molecule has 33 heavy (non-hydrogen) atoms. The Morgan fingerprint density at radius 2 is 1.67 bits per heavy atom. The Kier molecular flexibility index (Phi) is 6.54. The molecule has 1 unspecified atom stereocenters. The van der Waals surface area contributed by atoms with E-state index in [0.29, 0.717) is 6.61 Å². The molecule has 0 amide bonds. The second kappa shape index (κ2) is 9.53. The van der Waals surface area contributed by atoms with Crippen molar-refractivity contribution >= 4 is 12.1 Å². The van der Waals surface area contributed by atoms with Crippen LogP contribution in [0.1, 0.15) is 54.6 Å². The molecule has 1 aliphatic rings. The third-order valence-corrected chi connectivity index (χ3v) is 5.48. The number of hydrogen-bond acceptors (Lipinski definition) is 4. The van der Waals surface area contributed by atoms with Crippen LogP contribution in [0.5, 0.6) is 0 Å². The van der Waals surface area contributed by atoms with Crippen LogP contribution in [-0.4, -0.2) is 18.7 Å². The normalized spacial score (nSPS) is 16.0. The molecule has 6 heteroatoms. The van der Waals surface area contributed by atoms with Crippen molar-refractivity contribution in [3.63, 3.8) is 0 Å². The highest BCUT2D eigenvalue weighted by Crippen LogP contribution is 2.27. The minimum atomic E-state index is -0.689. The van der Waals surface area contributed by atoms with Crippen LogP contribution in [-0.2, 0) is 21.6 Å². The van der Waals surface area contributed by atoms with Crippen LogP contribution < -0.4 is 0 Å². The standard InChI is InChI=1S/C27H26F2N2O2/c1-27(2,3)21-13-9-19(10-14-21)16-33-30-15-18-7-11-20(12-8-18)24-17-32-26(31-24)25-22(28)5-4-6-23(25)29/h4-15,24H,16-17H2,1-3H3/b30-15+. The van der Waals surface area contributed by atoms with E-state index < -0.39 is 11.6 Å². The van der Waals surface area contributed by atoms with Gasteiger partial charge in [0, 0.05) is 0 Å². The predicted octanol–water partition coefficient (Wildman–Crippen LogP) is 6.33. The Labute approximate surface area is 192 Å². The van der Waals surface area contributed by atoms with E-state index in [-0.39, 0.29) is 29.5 Å². The number of ether oxygens (including phenoxy) is 1. The van der Waals surface area contributed by atoms with E-state index in [4.69, 9.17) is 9.57 Å². The maximum Gasteiger partial charge on any atom is 0.222 e. The fourth-order valence-corrected chi connectivity index (χ4v) is 3.50. The average molecular weight is 449 g/mol. The summed E-state index contributed by atoms with van der Waals surface area (Å²) in [5, 5.41) is 4.05. The molecule has 170 valence electrons. The van der Waals surface area contributed by atoms with Gasteiger partial charge >= 0.3 is 0 Å². The third-order valence-electron chi connectivity index (χ3n) is 5.48. The van der Waals surface area contributed by atoms with E-state index in [1.807, 2.05) is 24.3 Å². The number of nitrogens with zero attached hydrogens (tertiary/aromatic N) is 2. The van der Waals surface area contributed by atoms with Crippen molar-refractivity contribution < 1.29 is 18.4 Å². The number of oxime groups is 1. The largest absolute Gasteiger partial charge is 0.475 e. The number of hydrogen-bond donors (Lipinski definition) is 0. The minimum Gasteiger partial charge on any atom is -0.475 e. The summed E-state index contributed by atoms with van der Waals surface area (Å²) in [6, 6.07) is 19.3. The molecule has 0 fully saturated rings. The number of halogens is 2. The lowest BCUT2D eigenvalue weighted by Gasteiger charge is -2.18. The molecule has 0 aromatic heterocycles. The van der Waals surface area contributed by atoms with Gasteiger partial charge in [-0.15, -0.1) is 0 Å². The number of benzene rings is 3. The molecule has 1 heterocycles. The summed E-state index contributed by atoms with van der Waals surface area (Å²) in [7, 11) is 0. The highest BCUT2D eigenvalue weighted by atomic mass is 19.1. The summed E-state index contributed by atoms with van der Waals surface area (Å²) in [6.07, 6.45) is 1.64. The third kappa shape index (κ3) is 5.45. The Balaban J connectivity index is 1.34.